The van der Waals surface area contributed by atoms with Crippen LogP contribution in [0.3, 0.4) is 0 Å². The van der Waals surface area contributed by atoms with Gasteiger partial charge < -0.3 is 20.1 Å². The largest absolute Gasteiger partial charge is 0.467 e. The van der Waals surface area contributed by atoms with Crippen molar-refractivity contribution in [1.29, 1.82) is 0 Å². The van der Waals surface area contributed by atoms with E-state index >= 15 is 0 Å². The summed E-state index contributed by atoms with van der Waals surface area (Å²) >= 11 is 0. The molecule has 1 aliphatic carbocycles. The number of fused-ring (bicyclic) bond motifs is 3. The van der Waals surface area contributed by atoms with E-state index in [1.807, 2.05) is 52.0 Å². The molecule has 0 aliphatic heterocycles. The summed E-state index contributed by atoms with van der Waals surface area (Å²) in [5, 5.41) is 5.46. The zero-order valence-electron chi connectivity index (χ0n) is 21.2. The molecule has 0 fully saturated rings. The Labute approximate surface area is 207 Å². The fourth-order valence-corrected chi connectivity index (χ4v) is 4.59. The maximum Gasteiger partial charge on any atom is 0.407 e. The van der Waals surface area contributed by atoms with Crippen LogP contribution in [-0.2, 0) is 19.1 Å². The number of rotatable bonds is 10. The molecule has 2 amide bonds. The van der Waals surface area contributed by atoms with Crippen LogP contribution in [0.4, 0.5) is 4.79 Å². The number of nitrogens with one attached hydrogen (secondary N) is 2. The van der Waals surface area contributed by atoms with Gasteiger partial charge in [-0.25, -0.2) is 9.59 Å². The van der Waals surface area contributed by atoms with Crippen LogP contribution in [0.25, 0.3) is 11.1 Å². The average Bonchev–Trinajstić information content (AvgIpc) is 3.14. The van der Waals surface area contributed by atoms with E-state index in [4.69, 9.17) is 9.47 Å². The lowest BCUT2D eigenvalue weighted by molar-refractivity contribution is -0.145. The van der Waals surface area contributed by atoms with Crippen molar-refractivity contribution in [3.8, 4) is 11.1 Å². The van der Waals surface area contributed by atoms with Crippen LogP contribution in [0.15, 0.2) is 48.5 Å². The lowest BCUT2D eigenvalue weighted by atomic mass is 9.98. The number of hydrogen-bond acceptors (Lipinski definition) is 5. The van der Waals surface area contributed by atoms with Gasteiger partial charge in [-0.15, -0.1) is 0 Å². The molecule has 0 aromatic heterocycles. The summed E-state index contributed by atoms with van der Waals surface area (Å²) in [6, 6.07) is 14.6. The monoisotopic (exact) mass is 480 g/mol. The first kappa shape index (κ1) is 26.3. The molecule has 7 nitrogen and oxygen atoms in total. The van der Waals surface area contributed by atoms with Crippen LogP contribution in [0.2, 0.25) is 0 Å². The minimum absolute atomic E-state index is 0.0692. The quantitative estimate of drug-likeness (QED) is 0.483. The van der Waals surface area contributed by atoms with Gasteiger partial charge in [0.1, 0.15) is 18.7 Å². The minimum atomic E-state index is -0.829. The van der Waals surface area contributed by atoms with Gasteiger partial charge in [0.2, 0.25) is 5.91 Å². The molecular formula is C28H36N2O5. The second kappa shape index (κ2) is 11.9. The van der Waals surface area contributed by atoms with Crippen molar-refractivity contribution in [3.63, 3.8) is 0 Å². The molecule has 2 N–H and O–H groups in total. The maximum absolute atomic E-state index is 13.0. The first-order chi connectivity index (χ1) is 16.7. The first-order valence-electron chi connectivity index (χ1n) is 12.2. The van der Waals surface area contributed by atoms with E-state index in [0.717, 1.165) is 22.3 Å². The van der Waals surface area contributed by atoms with Crippen LogP contribution in [0.1, 0.15) is 57.6 Å². The second-order valence-corrected chi connectivity index (χ2v) is 9.87. The summed E-state index contributed by atoms with van der Waals surface area (Å²) < 4.78 is 10.5. The van der Waals surface area contributed by atoms with Gasteiger partial charge in [0, 0.05) is 5.92 Å². The van der Waals surface area contributed by atoms with Gasteiger partial charge in [-0.1, -0.05) is 76.2 Å². The van der Waals surface area contributed by atoms with Crippen molar-refractivity contribution in [1.82, 2.24) is 10.6 Å². The molecular weight excluding hydrogens is 444 g/mol. The van der Waals surface area contributed by atoms with Gasteiger partial charge in [0.15, 0.2) is 0 Å². The van der Waals surface area contributed by atoms with E-state index in [2.05, 4.69) is 34.9 Å². The molecule has 0 unspecified atom stereocenters. The molecule has 2 aromatic carbocycles. The molecule has 7 heteroatoms. The molecule has 0 radical (unpaired) electrons. The third kappa shape index (κ3) is 6.62. The van der Waals surface area contributed by atoms with E-state index in [1.165, 1.54) is 7.11 Å². The lowest BCUT2D eigenvalue weighted by Crippen LogP contribution is -2.52. The minimum Gasteiger partial charge on any atom is -0.467 e. The number of hydrogen-bond donors (Lipinski definition) is 2. The van der Waals surface area contributed by atoms with Crippen molar-refractivity contribution in [2.45, 2.75) is 58.5 Å². The maximum atomic E-state index is 13.0. The van der Waals surface area contributed by atoms with E-state index in [0.29, 0.717) is 12.8 Å². The summed E-state index contributed by atoms with van der Waals surface area (Å²) in [6.07, 6.45) is 0.190. The van der Waals surface area contributed by atoms with Crippen LogP contribution < -0.4 is 10.6 Å². The Bertz CT molecular complexity index is 1000. The Morgan fingerprint density at radius 2 is 1.31 bits per heavy atom. The number of ether oxygens (including phenoxy) is 2. The van der Waals surface area contributed by atoms with Gasteiger partial charge in [0.25, 0.3) is 0 Å². The smallest absolute Gasteiger partial charge is 0.407 e. The molecule has 0 saturated heterocycles. The average molecular weight is 481 g/mol. The van der Waals surface area contributed by atoms with E-state index in [9.17, 15) is 14.4 Å². The highest BCUT2D eigenvalue weighted by Crippen LogP contribution is 2.44. The Kier molecular flexibility index (Phi) is 8.90. The molecule has 0 bridgehead atoms. The van der Waals surface area contributed by atoms with Crippen LogP contribution in [0, 0.1) is 11.8 Å². The van der Waals surface area contributed by atoms with Crippen LogP contribution in [-0.4, -0.2) is 43.8 Å². The van der Waals surface area contributed by atoms with E-state index in [-0.39, 0.29) is 24.4 Å². The Hall–Kier alpha value is -3.35. The molecule has 35 heavy (non-hydrogen) atoms. The first-order valence-corrected chi connectivity index (χ1v) is 12.2. The molecule has 0 spiro atoms. The summed E-state index contributed by atoms with van der Waals surface area (Å²) in [5.41, 5.74) is 4.53. The molecule has 2 aromatic rings. The summed E-state index contributed by atoms with van der Waals surface area (Å²) in [7, 11) is 1.29. The fourth-order valence-electron chi connectivity index (χ4n) is 4.59. The number of carbonyl (C=O) groups is 3. The zero-order valence-corrected chi connectivity index (χ0v) is 21.2. The van der Waals surface area contributed by atoms with Gasteiger partial charge in [-0.05, 0) is 46.9 Å². The highest BCUT2D eigenvalue weighted by molar-refractivity contribution is 5.89. The topological polar surface area (TPSA) is 93.7 Å². The number of carbonyl (C=O) groups excluding carboxylic acids is 3. The number of amides is 2. The van der Waals surface area contributed by atoms with Crippen molar-refractivity contribution in [2.75, 3.05) is 13.7 Å². The molecule has 2 atom stereocenters. The zero-order chi connectivity index (χ0) is 25.5. The van der Waals surface area contributed by atoms with Crippen LogP contribution in [0.5, 0.6) is 0 Å². The van der Waals surface area contributed by atoms with Crippen molar-refractivity contribution < 1.29 is 23.9 Å². The Balaban J connectivity index is 1.67. The van der Waals surface area contributed by atoms with Crippen molar-refractivity contribution >= 4 is 18.0 Å². The summed E-state index contributed by atoms with van der Waals surface area (Å²) in [6.45, 7) is 8.01. The van der Waals surface area contributed by atoms with Gasteiger partial charge >= 0.3 is 12.1 Å². The molecule has 1 aliphatic rings. The van der Waals surface area contributed by atoms with Gasteiger partial charge in [0.05, 0.1) is 7.11 Å². The number of methoxy groups -OCH3 is 1. The van der Waals surface area contributed by atoms with Crippen molar-refractivity contribution in [2.24, 2.45) is 11.8 Å². The highest BCUT2D eigenvalue weighted by Gasteiger charge is 2.31. The van der Waals surface area contributed by atoms with Crippen molar-refractivity contribution in [3.05, 3.63) is 59.7 Å². The predicted octanol–water partition coefficient (Wildman–Crippen LogP) is 4.64. The van der Waals surface area contributed by atoms with Gasteiger partial charge in [-0.2, -0.15) is 0 Å². The normalized spacial score (nSPS) is 14.1. The number of esters is 1. The summed E-state index contributed by atoms with van der Waals surface area (Å²) in [4.78, 5) is 37.9. The fraction of sp³-hybridized carbons (Fsp3) is 0.464. The third-order valence-electron chi connectivity index (χ3n) is 6.17. The second-order valence-electron chi connectivity index (χ2n) is 9.87. The third-order valence-corrected chi connectivity index (χ3v) is 6.17. The standard InChI is InChI=1S/C28H36N2O5/c1-17(2)14-24(26(31)29-25(15-18(3)4)27(32)34-5)30-28(33)35-16-23-21-12-8-6-10-19(21)20-11-7-9-13-22(20)23/h6-13,17-18,23-25H,14-16H2,1-5H3,(H,29,31)(H,30,33)/t24-,25-/m0/s1. The lowest BCUT2D eigenvalue weighted by Gasteiger charge is -2.24. The SMILES string of the molecule is COC(=O)[C@H](CC(C)C)NC(=O)[C@H](CC(C)C)NC(=O)OCC1c2ccccc2-c2ccccc21. The Morgan fingerprint density at radius 1 is 0.800 bits per heavy atom. The molecule has 0 saturated carbocycles. The number of alkyl carbamates (subject to hydrolysis) is 1. The van der Waals surface area contributed by atoms with E-state index in [1.54, 1.807) is 0 Å². The molecule has 3 rings (SSSR count). The van der Waals surface area contributed by atoms with E-state index < -0.39 is 30.1 Å². The van der Waals surface area contributed by atoms with Crippen LogP contribution >= 0.6 is 0 Å². The highest BCUT2D eigenvalue weighted by atomic mass is 16.5. The Morgan fingerprint density at radius 3 is 1.83 bits per heavy atom. The number of benzene rings is 2. The predicted molar refractivity (Wildman–Crippen MR) is 135 cm³/mol. The molecule has 0 heterocycles. The van der Waals surface area contributed by atoms with Gasteiger partial charge in [-0.3, -0.25) is 4.79 Å². The molecule has 188 valence electrons. The summed E-state index contributed by atoms with van der Waals surface area (Å²) in [5.74, 6) is -0.681.